The van der Waals surface area contributed by atoms with E-state index in [0.29, 0.717) is 0 Å². The third kappa shape index (κ3) is 1.36. The highest BCUT2D eigenvalue weighted by atomic mass is 79.9. The Bertz CT molecular complexity index is 345. The Morgan fingerprint density at radius 2 is 2.00 bits per heavy atom. The highest BCUT2D eigenvalue weighted by Crippen LogP contribution is 2.35. The summed E-state index contributed by atoms with van der Waals surface area (Å²) in [5.74, 6) is 0. The molecule has 2 rings (SSSR count). The van der Waals surface area contributed by atoms with Crippen molar-refractivity contribution in [3.8, 4) is 0 Å². The van der Waals surface area contributed by atoms with Crippen LogP contribution in [0.1, 0.15) is 4.88 Å². The number of fused-ring (bicyclic) bond motifs is 1. The summed E-state index contributed by atoms with van der Waals surface area (Å²) in [5, 5.41) is 8.83. The lowest BCUT2D eigenvalue weighted by Crippen LogP contribution is -1.69. The van der Waals surface area contributed by atoms with Gasteiger partial charge in [0.2, 0.25) is 0 Å². The molecule has 2 aromatic rings. The van der Waals surface area contributed by atoms with Gasteiger partial charge in [0, 0.05) is 14.3 Å². The highest BCUT2D eigenvalue weighted by molar-refractivity contribution is 9.11. The lowest BCUT2D eigenvalue weighted by atomic mass is 10.4. The summed E-state index contributed by atoms with van der Waals surface area (Å²) in [6, 6.07) is 4.12. The first kappa shape index (κ1) is 7.73. The summed E-state index contributed by atoms with van der Waals surface area (Å²) in [7, 11) is 0. The zero-order valence-corrected chi connectivity index (χ0v) is 8.72. The van der Waals surface area contributed by atoms with Gasteiger partial charge >= 0.3 is 0 Å². The standard InChI is InChI=1S/C7H5BrOS2/c8-7-2-6-5(11-7)1-4(3-9)10-6/h1-2,9H,3H2. The van der Waals surface area contributed by atoms with Gasteiger partial charge in [-0.05, 0) is 28.1 Å². The van der Waals surface area contributed by atoms with Crippen LogP contribution in [0.15, 0.2) is 15.9 Å². The molecular weight excluding hydrogens is 244 g/mol. The Morgan fingerprint density at radius 3 is 2.64 bits per heavy atom. The molecule has 1 N–H and O–H groups in total. The maximum atomic E-state index is 8.83. The zero-order valence-electron chi connectivity index (χ0n) is 5.50. The van der Waals surface area contributed by atoms with E-state index in [2.05, 4.69) is 22.0 Å². The van der Waals surface area contributed by atoms with Crippen molar-refractivity contribution < 1.29 is 5.11 Å². The van der Waals surface area contributed by atoms with E-state index in [1.54, 1.807) is 22.7 Å². The molecule has 0 aromatic carbocycles. The van der Waals surface area contributed by atoms with E-state index < -0.39 is 0 Å². The molecule has 0 atom stereocenters. The molecule has 0 radical (unpaired) electrons. The minimum absolute atomic E-state index is 0.156. The van der Waals surface area contributed by atoms with Crippen LogP contribution in [0.2, 0.25) is 0 Å². The first-order valence-corrected chi connectivity index (χ1v) is 5.51. The largest absolute Gasteiger partial charge is 0.391 e. The van der Waals surface area contributed by atoms with Crippen LogP contribution in [0.3, 0.4) is 0 Å². The average Bonchev–Trinajstić information content (AvgIpc) is 2.43. The van der Waals surface area contributed by atoms with Crippen molar-refractivity contribution in [1.82, 2.24) is 0 Å². The van der Waals surface area contributed by atoms with E-state index in [0.717, 1.165) is 8.66 Å². The van der Waals surface area contributed by atoms with Gasteiger partial charge in [-0.2, -0.15) is 0 Å². The molecule has 0 saturated carbocycles. The van der Waals surface area contributed by atoms with E-state index >= 15 is 0 Å². The summed E-state index contributed by atoms with van der Waals surface area (Å²) in [5.41, 5.74) is 0. The normalized spacial score (nSPS) is 11.1. The third-order valence-corrected chi connectivity index (χ3v) is 4.16. The van der Waals surface area contributed by atoms with E-state index in [1.807, 2.05) is 6.07 Å². The highest BCUT2D eigenvalue weighted by Gasteiger charge is 2.03. The van der Waals surface area contributed by atoms with Crippen LogP contribution in [0.4, 0.5) is 0 Å². The second-order valence-corrected chi connectivity index (χ2v) is 5.78. The molecule has 0 unspecified atom stereocenters. The molecule has 0 bridgehead atoms. The van der Waals surface area contributed by atoms with Gasteiger partial charge in [-0.3, -0.25) is 0 Å². The Balaban J connectivity index is 2.64. The number of thiophene rings is 2. The summed E-state index contributed by atoms with van der Waals surface area (Å²) in [6.45, 7) is 0.156. The predicted molar refractivity (Wildman–Crippen MR) is 53.3 cm³/mol. The SMILES string of the molecule is OCc1cc2sc(Br)cc2s1. The Kier molecular flexibility index (Phi) is 2.01. The number of aliphatic hydroxyl groups excluding tert-OH is 1. The van der Waals surface area contributed by atoms with Crippen molar-refractivity contribution in [2.24, 2.45) is 0 Å². The maximum absolute atomic E-state index is 8.83. The number of aliphatic hydroxyl groups is 1. The van der Waals surface area contributed by atoms with E-state index in [4.69, 9.17) is 5.11 Å². The fraction of sp³-hybridized carbons (Fsp3) is 0.143. The van der Waals surface area contributed by atoms with Crippen LogP contribution in [0.25, 0.3) is 9.40 Å². The number of hydrogen-bond donors (Lipinski definition) is 1. The molecule has 11 heavy (non-hydrogen) atoms. The van der Waals surface area contributed by atoms with E-state index in [9.17, 15) is 0 Å². The van der Waals surface area contributed by atoms with Crippen LogP contribution >= 0.6 is 38.6 Å². The molecule has 0 aliphatic heterocycles. The minimum Gasteiger partial charge on any atom is -0.391 e. The van der Waals surface area contributed by atoms with Gasteiger partial charge in [0.15, 0.2) is 0 Å². The molecule has 1 nitrogen and oxygen atoms in total. The summed E-state index contributed by atoms with van der Waals surface area (Å²) in [4.78, 5) is 1.04. The van der Waals surface area contributed by atoms with E-state index in [1.165, 1.54) is 9.40 Å². The van der Waals surface area contributed by atoms with Crippen molar-refractivity contribution in [1.29, 1.82) is 0 Å². The molecule has 2 heterocycles. The first-order chi connectivity index (χ1) is 5.29. The second-order valence-electron chi connectivity index (χ2n) is 2.15. The monoisotopic (exact) mass is 248 g/mol. The quantitative estimate of drug-likeness (QED) is 0.822. The second kappa shape index (κ2) is 2.86. The summed E-state index contributed by atoms with van der Waals surface area (Å²) >= 11 is 6.77. The lowest BCUT2D eigenvalue weighted by molar-refractivity contribution is 0.285. The minimum atomic E-state index is 0.156. The van der Waals surface area contributed by atoms with Gasteiger partial charge in [0.05, 0.1) is 10.4 Å². The predicted octanol–water partition coefficient (Wildman–Crippen LogP) is 3.22. The smallest absolute Gasteiger partial charge is 0.0775 e. The Hall–Kier alpha value is 0.1000. The van der Waals surface area contributed by atoms with Crippen LogP contribution in [0, 0.1) is 0 Å². The number of halogens is 1. The van der Waals surface area contributed by atoms with Crippen LogP contribution in [-0.4, -0.2) is 5.11 Å². The molecule has 0 amide bonds. The van der Waals surface area contributed by atoms with Crippen molar-refractivity contribution in [2.45, 2.75) is 6.61 Å². The fourth-order valence-electron chi connectivity index (χ4n) is 0.934. The summed E-state index contributed by atoms with van der Waals surface area (Å²) in [6.07, 6.45) is 0. The van der Waals surface area contributed by atoms with Gasteiger partial charge in [0.25, 0.3) is 0 Å². The van der Waals surface area contributed by atoms with Gasteiger partial charge in [-0.25, -0.2) is 0 Å². The van der Waals surface area contributed by atoms with Crippen molar-refractivity contribution in [3.63, 3.8) is 0 Å². The number of hydrogen-bond acceptors (Lipinski definition) is 3. The van der Waals surface area contributed by atoms with Gasteiger partial charge in [-0.1, -0.05) is 0 Å². The fourth-order valence-corrected chi connectivity index (χ4v) is 3.84. The maximum Gasteiger partial charge on any atom is 0.0775 e. The molecule has 4 heteroatoms. The third-order valence-electron chi connectivity index (χ3n) is 1.38. The lowest BCUT2D eigenvalue weighted by Gasteiger charge is -1.81. The molecular formula is C7H5BrOS2. The first-order valence-electron chi connectivity index (χ1n) is 3.08. The molecule has 0 aliphatic rings. The number of rotatable bonds is 1. The molecule has 0 fully saturated rings. The van der Waals surface area contributed by atoms with Gasteiger partial charge in [-0.15, -0.1) is 22.7 Å². The molecule has 0 saturated heterocycles. The zero-order chi connectivity index (χ0) is 7.84. The van der Waals surface area contributed by atoms with Gasteiger partial charge < -0.3 is 5.11 Å². The Labute approximate surface area is 80.4 Å². The van der Waals surface area contributed by atoms with Crippen LogP contribution < -0.4 is 0 Å². The van der Waals surface area contributed by atoms with E-state index in [-0.39, 0.29) is 6.61 Å². The molecule has 0 aliphatic carbocycles. The average molecular weight is 249 g/mol. The molecule has 58 valence electrons. The molecule has 2 aromatic heterocycles. The van der Waals surface area contributed by atoms with Crippen LogP contribution in [-0.2, 0) is 6.61 Å². The Morgan fingerprint density at radius 1 is 1.27 bits per heavy atom. The topological polar surface area (TPSA) is 20.2 Å². The van der Waals surface area contributed by atoms with Crippen molar-refractivity contribution in [3.05, 3.63) is 20.8 Å². The van der Waals surface area contributed by atoms with Crippen molar-refractivity contribution >= 4 is 48.0 Å². The van der Waals surface area contributed by atoms with Crippen LogP contribution in [0.5, 0.6) is 0 Å². The molecule has 0 spiro atoms. The van der Waals surface area contributed by atoms with Crippen molar-refractivity contribution in [2.75, 3.05) is 0 Å². The summed E-state index contributed by atoms with van der Waals surface area (Å²) < 4.78 is 3.67. The van der Waals surface area contributed by atoms with Gasteiger partial charge in [0.1, 0.15) is 0 Å².